The van der Waals surface area contributed by atoms with Gasteiger partial charge in [-0.05, 0) is 30.2 Å². The Morgan fingerprint density at radius 1 is 1.24 bits per heavy atom. The van der Waals surface area contributed by atoms with E-state index in [0.717, 1.165) is 5.69 Å². The second-order valence-corrected chi connectivity index (χ2v) is 5.06. The molecule has 0 aliphatic rings. The molecule has 0 radical (unpaired) electrons. The molecule has 0 bridgehead atoms. The van der Waals surface area contributed by atoms with Crippen LogP contribution in [0.25, 0.3) is 0 Å². The second kappa shape index (κ2) is 6.69. The molecule has 1 aromatic heterocycles. The Hall–Kier alpha value is -2.63. The van der Waals surface area contributed by atoms with E-state index in [-0.39, 0.29) is 11.7 Å². The Bertz CT molecular complexity index is 611. The van der Waals surface area contributed by atoms with E-state index >= 15 is 0 Å². The molecule has 6 nitrogen and oxygen atoms in total. The highest BCUT2D eigenvalue weighted by atomic mass is 16.3. The molecule has 1 amide bonds. The lowest BCUT2D eigenvalue weighted by molar-refractivity contribution is 0.0944. The lowest BCUT2D eigenvalue weighted by atomic mass is 10.2. The Morgan fingerprint density at radius 3 is 2.62 bits per heavy atom. The molecule has 1 heterocycles. The third-order valence-electron chi connectivity index (χ3n) is 2.71. The molecule has 0 saturated carbocycles. The van der Waals surface area contributed by atoms with E-state index in [1.807, 2.05) is 13.8 Å². The number of aromatic nitrogens is 2. The number of carbonyl (C=O) groups excluding carboxylic acids is 1. The van der Waals surface area contributed by atoms with Crippen molar-refractivity contribution in [3.8, 4) is 5.75 Å². The first-order valence-corrected chi connectivity index (χ1v) is 6.71. The van der Waals surface area contributed by atoms with E-state index in [4.69, 9.17) is 0 Å². The van der Waals surface area contributed by atoms with Crippen molar-refractivity contribution < 1.29 is 9.90 Å². The first-order chi connectivity index (χ1) is 10.0. The summed E-state index contributed by atoms with van der Waals surface area (Å²) in [5.74, 6) is 0.868. The van der Waals surface area contributed by atoms with Crippen molar-refractivity contribution in [1.29, 1.82) is 0 Å². The molecule has 0 fully saturated rings. The summed E-state index contributed by atoms with van der Waals surface area (Å²) in [6.45, 7) is 4.65. The molecule has 0 aliphatic carbocycles. The van der Waals surface area contributed by atoms with Gasteiger partial charge in [0.25, 0.3) is 5.91 Å². The molecular formula is C15H18N4O2. The van der Waals surface area contributed by atoms with Crippen LogP contribution < -0.4 is 10.6 Å². The molecule has 0 atom stereocenters. The van der Waals surface area contributed by atoms with Crippen molar-refractivity contribution in [2.75, 3.05) is 11.9 Å². The number of amides is 1. The van der Waals surface area contributed by atoms with Crippen molar-refractivity contribution in [2.24, 2.45) is 5.92 Å². The van der Waals surface area contributed by atoms with Gasteiger partial charge in [-0.3, -0.25) is 4.79 Å². The van der Waals surface area contributed by atoms with Crippen molar-refractivity contribution >= 4 is 17.4 Å². The maximum Gasteiger partial charge on any atom is 0.270 e. The number of hydrogen-bond acceptors (Lipinski definition) is 5. The largest absolute Gasteiger partial charge is 0.508 e. The zero-order chi connectivity index (χ0) is 15.2. The second-order valence-electron chi connectivity index (χ2n) is 5.06. The summed E-state index contributed by atoms with van der Waals surface area (Å²) < 4.78 is 0. The number of carbonyl (C=O) groups is 1. The number of hydrogen-bond donors (Lipinski definition) is 3. The Labute approximate surface area is 123 Å². The van der Waals surface area contributed by atoms with Gasteiger partial charge in [-0.25, -0.2) is 9.97 Å². The fourth-order valence-corrected chi connectivity index (χ4v) is 1.63. The summed E-state index contributed by atoms with van der Waals surface area (Å²) in [5.41, 5.74) is 1.08. The van der Waals surface area contributed by atoms with Crippen LogP contribution in [0.4, 0.5) is 11.5 Å². The van der Waals surface area contributed by atoms with Gasteiger partial charge in [0.1, 0.15) is 23.6 Å². The highest BCUT2D eigenvalue weighted by Gasteiger charge is 2.09. The number of benzene rings is 1. The first-order valence-electron chi connectivity index (χ1n) is 6.71. The van der Waals surface area contributed by atoms with Gasteiger partial charge >= 0.3 is 0 Å². The fraction of sp³-hybridized carbons (Fsp3) is 0.267. The number of nitrogens with zero attached hydrogens (tertiary/aromatic N) is 2. The summed E-state index contributed by atoms with van der Waals surface area (Å²) in [7, 11) is 0. The predicted octanol–water partition coefficient (Wildman–Crippen LogP) is 2.31. The van der Waals surface area contributed by atoms with Crippen LogP contribution in [0, 0.1) is 5.92 Å². The molecule has 2 rings (SSSR count). The lowest BCUT2D eigenvalue weighted by Crippen LogP contribution is -2.28. The van der Waals surface area contributed by atoms with Crippen LogP contribution in [-0.2, 0) is 0 Å². The molecule has 0 aliphatic heterocycles. The molecule has 3 N–H and O–H groups in total. The Balaban J connectivity index is 2.06. The molecule has 1 aromatic carbocycles. The number of anilines is 2. The van der Waals surface area contributed by atoms with Crippen LogP contribution in [0.1, 0.15) is 24.3 Å². The predicted molar refractivity (Wildman–Crippen MR) is 80.6 cm³/mol. The van der Waals surface area contributed by atoms with Crippen molar-refractivity contribution in [1.82, 2.24) is 15.3 Å². The smallest absolute Gasteiger partial charge is 0.270 e. The summed E-state index contributed by atoms with van der Waals surface area (Å²) >= 11 is 0. The van der Waals surface area contributed by atoms with E-state index in [1.165, 1.54) is 6.33 Å². The quantitative estimate of drug-likeness (QED) is 0.734. The minimum Gasteiger partial charge on any atom is -0.508 e. The highest BCUT2D eigenvalue weighted by molar-refractivity contribution is 5.92. The van der Waals surface area contributed by atoms with E-state index in [1.54, 1.807) is 30.3 Å². The standard InChI is InChI=1S/C15H18N4O2/c1-10(2)8-16-15(21)13-7-14(18-9-17-13)19-11-3-5-12(20)6-4-11/h3-7,9-10,20H,8H2,1-2H3,(H,16,21)(H,17,18,19). The van der Waals surface area contributed by atoms with Crippen LogP contribution in [0.3, 0.4) is 0 Å². The summed E-state index contributed by atoms with van der Waals surface area (Å²) in [6.07, 6.45) is 1.34. The van der Waals surface area contributed by atoms with Gasteiger partial charge in [0.05, 0.1) is 0 Å². The average molecular weight is 286 g/mol. The van der Waals surface area contributed by atoms with Crippen LogP contribution in [0.2, 0.25) is 0 Å². The van der Waals surface area contributed by atoms with Crippen molar-refractivity contribution in [3.05, 3.63) is 42.4 Å². The van der Waals surface area contributed by atoms with Gasteiger partial charge in [0.2, 0.25) is 0 Å². The van der Waals surface area contributed by atoms with E-state index in [0.29, 0.717) is 24.0 Å². The first kappa shape index (κ1) is 14.8. The lowest BCUT2D eigenvalue weighted by Gasteiger charge is -2.09. The zero-order valence-corrected chi connectivity index (χ0v) is 12.0. The summed E-state index contributed by atoms with van der Waals surface area (Å²) in [5, 5.41) is 15.1. The van der Waals surface area contributed by atoms with Crippen LogP contribution in [0.15, 0.2) is 36.7 Å². The molecule has 0 saturated heterocycles. The number of nitrogens with one attached hydrogen (secondary N) is 2. The summed E-state index contributed by atoms with van der Waals surface area (Å²) in [6, 6.07) is 8.16. The van der Waals surface area contributed by atoms with Gasteiger partial charge in [0, 0.05) is 18.3 Å². The van der Waals surface area contributed by atoms with Crippen molar-refractivity contribution in [2.45, 2.75) is 13.8 Å². The molecule has 6 heteroatoms. The number of phenolic OH excluding ortho intramolecular Hbond substituents is 1. The zero-order valence-electron chi connectivity index (χ0n) is 12.0. The van der Waals surface area contributed by atoms with Crippen LogP contribution in [0.5, 0.6) is 5.75 Å². The van der Waals surface area contributed by atoms with Crippen molar-refractivity contribution in [3.63, 3.8) is 0 Å². The van der Waals surface area contributed by atoms with E-state index in [2.05, 4.69) is 20.6 Å². The SMILES string of the molecule is CC(C)CNC(=O)c1cc(Nc2ccc(O)cc2)ncn1. The molecule has 0 spiro atoms. The Kier molecular flexibility index (Phi) is 4.71. The van der Waals surface area contributed by atoms with Gasteiger partial charge in [-0.2, -0.15) is 0 Å². The molecular weight excluding hydrogens is 268 g/mol. The number of phenols is 1. The van der Waals surface area contributed by atoms with E-state index in [9.17, 15) is 9.90 Å². The van der Waals surface area contributed by atoms with Gasteiger partial charge in [-0.15, -0.1) is 0 Å². The monoisotopic (exact) mass is 286 g/mol. The Morgan fingerprint density at radius 2 is 1.95 bits per heavy atom. The summed E-state index contributed by atoms with van der Waals surface area (Å²) in [4.78, 5) is 20.0. The minimum absolute atomic E-state index is 0.192. The van der Waals surface area contributed by atoms with Gasteiger partial charge in [-0.1, -0.05) is 13.8 Å². The van der Waals surface area contributed by atoms with Crippen LogP contribution in [-0.4, -0.2) is 27.5 Å². The minimum atomic E-state index is -0.222. The molecule has 0 unspecified atom stereocenters. The molecule has 2 aromatic rings. The number of aromatic hydroxyl groups is 1. The third kappa shape index (κ3) is 4.45. The third-order valence-corrected chi connectivity index (χ3v) is 2.71. The van der Waals surface area contributed by atoms with Gasteiger partial charge in [0.15, 0.2) is 0 Å². The van der Waals surface area contributed by atoms with Crippen LogP contribution >= 0.6 is 0 Å². The average Bonchev–Trinajstić information content (AvgIpc) is 2.47. The molecule has 110 valence electrons. The number of rotatable bonds is 5. The molecule has 21 heavy (non-hydrogen) atoms. The van der Waals surface area contributed by atoms with Gasteiger partial charge < -0.3 is 15.7 Å². The fourth-order valence-electron chi connectivity index (χ4n) is 1.63. The topological polar surface area (TPSA) is 87.1 Å². The normalized spacial score (nSPS) is 10.4. The highest BCUT2D eigenvalue weighted by Crippen LogP contribution is 2.17. The van der Waals surface area contributed by atoms with E-state index < -0.39 is 0 Å². The maximum absolute atomic E-state index is 11.9. The maximum atomic E-state index is 11.9.